The second kappa shape index (κ2) is 10.4. The number of ketones is 1. The van der Waals surface area contributed by atoms with Gasteiger partial charge in [0.05, 0.1) is 13.2 Å². The van der Waals surface area contributed by atoms with Gasteiger partial charge in [0.2, 0.25) is 0 Å². The summed E-state index contributed by atoms with van der Waals surface area (Å²) in [6, 6.07) is 4.44. The summed E-state index contributed by atoms with van der Waals surface area (Å²) < 4.78 is 37.5. The lowest BCUT2D eigenvalue weighted by Gasteiger charge is -2.15. The van der Waals surface area contributed by atoms with Crippen molar-refractivity contribution in [3.63, 3.8) is 0 Å². The van der Waals surface area contributed by atoms with Gasteiger partial charge in [-0.1, -0.05) is 47.5 Å². The standard InChI is InChI=1S/C20H30N2O5S/c1-6-8-12-26-15-10-11-16(27-13-9-7-2)17(14-15)28(24,25)19(22-21)18(23)20(3,4)5/h10-11,14H,6-9,12-13H2,1-5H3. The smallest absolute Gasteiger partial charge is 0.452 e. The highest BCUT2D eigenvalue weighted by molar-refractivity contribution is 8.08. The second-order valence-electron chi connectivity index (χ2n) is 7.50. The highest BCUT2D eigenvalue weighted by Gasteiger charge is 2.44. The number of sulfone groups is 1. The van der Waals surface area contributed by atoms with Crippen LogP contribution in [0.2, 0.25) is 0 Å². The predicted molar refractivity (Wildman–Crippen MR) is 108 cm³/mol. The molecule has 28 heavy (non-hydrogen) atoms. The first-order valence-corrected chi connectivity index (χ1v) is 11.0. The van der Waals surface area contributed by atoms with E-state index >= 15 is 0 Å². The lowest BCUT2D eigenvalue weighted by atomic mass is 9.91. The van der Waals surface area contributed by atoms with Crippen molar-refractivity contribution in [2.45, 2.75) is 65.2 Å². The number of rotatable bonds is 10. The van der Waals surface area contributed by atoms with E-state index in [1.165, 1.54) is 12.1 Å². The predicted octanol–water partition coefficient (Wildman–Crippen LogP) is 4.06. The zero-order valence-electron chi connectivity index (χ0n) is 17.3. The van der Waals surface area contributed by atoms with Crippen molar-refractivity contribution in [3.8, 4) is 11.5 Å². The van der Waals surface area contributed by atoms with Gasteiger partial charge in [0.25, 0.3) is 15.6 Å². The van der Waals surface area contributed by atoms with E-state index in [1.807, 2.05) is 13.8 Å². The van der Waals surface area contributed by atoms with Gasteiger partial charge in [-0.15, -0.1) is 4.79 Å². The summed E-state index contributed by atoms with van der Waals surface area (Å²) in [6.07, 6.45) is 3.38. The minimum Gasteiger partial charge on any atom is -0.494 e. The van der Waals surface area contributed by atoms with Crippen molar-refractivity contribution in [2.24, 2.45) is 5.41 Å². The molecule has 8 heteroatoms. The lowest BCUT2D eigenvalue weighted by molar-refractivity contribution is -0.123. The third kappa shape index (κ3) is 6.17. The number of carbonyl (C=O) groups is 1. The monoisotopic (exact) mass is 410 g/mol. The Balaban J connectivity index is 3.43. The molecule has 1 aromatic rings. The number of Topliss-reactive ketones (excluding diaryl/α,β-unsaturated/α-hetero) is 1. The molecule has 0 radical (unpaired) electrons. The van der Waals surface area contributed by atoms with E-state index in [-0.39, 0.29) is 10.6 Å². The molecular weight excluding hydrogens is 380 g/mol. The maximum Gasteiger partial charge on any atom is 0.452 e. The summed E-state index contributed by atoms with van der Waals surface area (Å²) >= 11 is 0. The van der Waals surface area contributed by atoms with Crippen LogP contribution in [0.1, 0.15) is 60.3 Å². The molecule has 1 aromatic carbocycles. The molecule has 0 spiro atoms. The average Bonchev–Trinajstić information content (AvgIpc) is 2.62. The molecule has 0 amide bonds. The molecule has 0 fully saturated rings. The van der Waals surface area contributed by atoms with Crippen molar-refractivity contribution >= 4 is 20.7 Å². The van der Waals surface area contributed by atoms with E-state index in [4.69, 9.17) is 9.47 Å². The van der Waals surface area contributed by atoms with Gasteiger partial charge in [-0.25, -0.2) is 8.42 Å². The topological polar surface area (TPSA) is 106 Å². The number of ether oxygens (including phenoxy) is 2. The first-order valence-electron chi connectivity index (χ1n) is 9.51. The van der Waals surface area contributed by atoms with Gasteiger partial charge in [-0.3, -0.25) is 4.79 Å². The fraction of sp³-hybridized carbons (Fsp3) is 0.600. The van der Waals surface area contributed by atoms with E-state index in [2.05, 4.69) is 4.79 Å². The zero-order valence-corrected chi connectivity index (χ0v) is 18.1. The Bertz CT molecular complexity index is 835. The first kappa shape index (κ1) is 23.9. The highest BCUT2D eigenvalue weighted by Crippen LogP contribution is 2.31. The van der Waals surface area contributed by atoms with Gasteiger partial charge in [0.15, 0.2) is 0 Å². The van der Waals surface area contributed by atoms with Crippen LogP contribution in [0.15, 0.2) is 23.1 Å². The maximum absolute atomic E-state index is 13.1. The van der Waals surface area contributed by atoms with E-state index in [0.29, 0.717) is 19.0 Å². The van der Waals surface area contributed by atoms with Crippen LogP contribution in [-0.2, 0) is 14.6 Å². The number of benzene rings is 1. The fourth-order valence-corrected chi connectivity index (χ4v) is 3.74. The third-order valence-electron chi connectivity index (χ3n) is 3.95. The van der Waals surface area contributed by atoms with Gasteiger partial charge in [-0.2, -0.15) is 0 Å². The van der Waals surface area contributed by atoms with Crippen LogP contribution in [-0.4, -0.2) is 37.2 Å². The first-order chi connectivity index (χ1) is 13.1. The zero-order chi connectivity index (χ0) is 21.4. The third-order valence-corrected chi connectivity index (χ3v) is 5.62. The Hall–Kier alpha value is -2.18. The molecule has 0 aliphatic carbocycles. The molecule has 0 bridgehead atoms. The molecule has 0 aliphatic rings. The molecule has 0 aliphatic heterocycles. The van der Waals surface area contributed by atoms with Crippen molar-refractivity contribution in [1.29, 1.82) is 0 Å². The highest BCUT2D eigenvalue weighted by atomic mass is 32.2. The van der Waals surface area contributed by atoms with Crippen molar-refractivity contribution in [2.75, 3.05) is 13.2 Å². The van der Waals surface area contributed by atoms with Gasteiger partial charge in [0.1, 0.15) is 16.4 Å². The number of carbonyl (C=O) groups excluding carboxylic acids is 1. The Morgan fingerprint density at radius 2 is 1.64 bits per heavy atom. The summed E-state index contributed by atoms with van der Waals surface area (Å²) in [5, 5.41) is -0.911. The van der Waals surface area contributed by atoms with Crippen LogP contribution < -0.4 is 9.47 Å². The lowest BCUT2D eigenvalue weighted by Crippen LogP contribution is -2.35. The van der Waals surface area contributed by atoms with Gasteiger partial charge >= 0.3 is 5.04 Å². The molecule has 7 nitrogen and oxygen atoms in total. The van der Waals surface area contributed by atoms with Crippen LogP contribution in [0.3, 0.4) is 0 Å². The van der Waals surface area contributed by atoms with E-state index in [0.717, 1.165) is 25.7 Å². The van der Waals surface area contributed by atoms with E-state index in [9.17, 15) is 18.7 Å². The Kier molecular flexibility index (Phi) is 8.85. The summed E-state index contributed by atoms with van der Waals surface area (Å²) in [6.45, 7) is 9.44. The summed E-state index contributed by atoms with van der Waals surface area (Å²) in [5.41, 5.74) is 8.29. The van der Waals surface area contributed by atoms with Crippen LogP contribution in [0.5, 0.6) is 11.5 Å². The quantitative estimate of drug-likeness (QED) is 0.190. The molecule has 0 saturated carbocycles. The second-order valence-corrected chi connectivity index (χ2v) is 9.33. The van der Waals surface area contributed by atoms with Crippen molar-refractivity contribution < 1.29 is 27.5 Å². The average molecular weight is 411 g/mol. The van der Waals surface area contributed by atoms with Gasteiger partial charge < -0.3 is 15.0 Å². The Morgan fingerprint density at radius 1 is 1.07 bits per heavy atom. The maximum atomic E-state index is 13.1. The van der Waals surface area contributed by atoms with Crippen LogP contribution >= 0.6 is 0 Å². The van der Waals surface area contributed by atoms with Crippen molar-refractivity contribution in [1.82, 2.24) is 0 Å². The molecule has 0 heterocycles. The summed E-state index contributed by atoms with van der Waals surface area (Å²) in [7, 11) is -4.41. The molecule has 0 atom stereocenters. The Morgan fingerprint density at radius 3 is 2.14 bits per heavy atom. The molecular formula is C20H30N2O5S. The largest absolute Gasteiger partial charge is 0.494 e. The minimum atomic E-state index is -4.41. The van der Waals surface area contributed by atoms with Gasteiger partial charge in [-0.05, 0) is 25.0 Å². The molecule has 0 aromatic heterocycles. The van der Waals surface area contributed by atoms with E-state index in [1.54, 1.807) is 26.8 Å². The number of unbranched alkanes of at least 4 members (excludes halogenated alkanes) is 2. The van der Waals surface area contributed by atoms with Crippen LogP contribution in [0, 0.1) is 5.41 Å². The normalized spacial score (nSPS) is 11.6. The Labute approximate surface area is 167 Å². The molecule has 0 saturated heterocycles. The number of hydrogen-bond acceptors (Lipinski definition) is 5. The molecule has 1 rings (SSSR count). The minimum absolute atomic E-state index is 0.0964. The van der Waals surface area contributed by atoms with Gasteiger partial charge in [0, 0.05) is 11.5 Å². The van der Waals surface area contributed by atoms with E-state index < -0.39 is 26.1 Å². The van der Waals surface area contributed by atoms with Crippen LogP contribution in [0.25, 0.3) is 5.53 Å². The fourth-order valence-electron chi connectivity index (χ4n) is 2.21. The number of hydrogen-bond donors (Lipinski definition) is 0. The SMILES string of the molecule is CCCCOc1ccc(OCCCC)c(S(=O)(=O)C(=[N+]=[N-])C(=O)C(C)(C)C)c1. The number of nitrogens with zero attached hydrogens (tertiary/aromatic N) is 2. The molecule has 0 unspecified atom stereocenters. The van der Waals surface area contributed by atoms with Crippen molar-refractivity contribution in [3.05, 3.63) is 23.7 Å². The molecule has 0 N–H and O–H groups in total. The van der Waals surface area contributed by atoms with Crippen LogP contribution in [0.4, 0.5) is 0 Å². The summed E-state index contributed by atoms with van der Waals surface area (Å²) in [4.78, 5) is 15.1. The summed E-state index contributed by atoms with van der Waals surface area (Å²) in [5.74, 6) is -0.346. The molecule has 156 valence electrons.